The lowest BCUT2D eigenvalue weighted by Crippen LogP contribution is -2.32. The van der Waals surface area contributed by atoms with Crippen molar-refractivity contribution in [2.45, 2.75) is 46.0 Å². The largest absolute Gasteiger partial charge is 0.444 e. The summed E-state index contributed by atoms with van der Waals surface area (Å²) in [5.41, 5.74) is 3.62. The molecule has 0 aliphatic carbocycles. The molecule has 0 fully saturated rings. The number of amides is 1. The molecule has 1 N–H and O–H groups in total. The molecule has 0 spiro atoms. The number of rotatable bonds is 2. The van der Waals surface area contributed by atoms with Gasteiger partial charge in [-0.2, -0.15) is 0 Å². The second kappa shape index (κ2) is 7.28. The van der Waals surface area contributed by atoms with Crippen molar-refractivity contribution in [3.8, 4) is 11.5 Å². The topological polar surface area (TPSA) is 38.3 Å². The number of alkyl carbamates (subject to hydrolysis) is 1. The molecule has 0 aliphatic heterocycles. The zero-order valence-electron chi connectivity index (χ0n) is 13.2. The molecule has 0 aromatic heterocycles. The van der Waals surface area contributed by atoms with Gasteiger partial charge in [-0.05, 0) is 32.9 Å². The SMILES string of the molecule is C[SiH](C)C#Cc1ccc(CNC(=O)OC(C)(C)C)c(F)c1. The normalized spacial score (nSPS) is 10.8. The maximum atomic E-state index is 13.9. The molecule has 1 aromatic rings. The van der Waals surface area contributed by atoms with E-state index in [1.807, 2.05) is 0 Å². The zero-order chi connectivity index (χ0) is 16.0. The van der Waals surface area contributed by atoms with E-state index < -0.39 is 20.5 Å². The Morgan fingerprint density at radius 2 is 2.05 bits per heavy atom. The molecule has 0 unspecified atom stereocenters. The number of hydrogen-bond acceptors (Lipinski definition) is 2. The summed E-state index contributed by atoms with van der Waals surface area (Å²) < 4.78 is 19.0. The van der Waals surface area contributed by atoms with E-state index in [1.54, 1.807) is 32.9 Å². The van der Waals surface area contributed by atoms with Gasteiger partial charge in [0.25, 0.3) is 0 Å². The van der Waals surface area contributed by atoms with Crippen molar-refractivity contribution in [2.75, 3.05) is 0 Å². The van der Waals surface area contributed by atoms with Gasteiger partial charge in [0, 0.05) is 17.7 Å². The number of carbonyl (C=O) groups is 1. The maximum Gasteiger partial charge on any atom is 0.407 e. The second-order valence-electron chi connectivity index (χ2n) is 6.09. The first-order chi connectivity index (χ1) is 9.67. The van der Waals surface area contributed by atoms with Crippen LogP contribution in [0.3, 0.4) is 0 Å². The minimum atomic E-state index is -0.973. The van der Waals surface area contributed by atoms with Crippen molar-refractivity contribution in [1.29, 1.82) is 0 Å². The molecule has 0 radical (unpaired) electrons. The third kappa shape index (κ3) is 6.96. The Morgan fingerprint density at radius 1 is 1.38 bits per heavy atom. The molecule has 5 heteroatoms. The van der Waals surface area contributed by atoms with Crippen molar-refractivity contribution in [1.82, 2.24) is 5.32 Å². The van der Waals surface area contributed by atoms with Crippen LogP contribution in [-0.2, 0) is 11.3 Å². The van der Waals surface area contributed by atoms with Gasteiger partial charge in [0.1, 0.15) is 20.2 Å². The Hall–Kier alpha value is -1.80. The summed E-state index contributed by atoms with van der Waals surface area (Å²) in [6.45, 7) is 9.65. The van der Waals surface area contributed by atoms with Crippen molar-refractivity contribution in [2.24, 2.45) is 0 Å². The summed E-state index contributed by atoms with van der Waals surface area (Å²) in [5.74, 6) is 2.60. The molecule has 1 aromatic carbocycles. The van der Waals surface area contributed by atoms with Crippen molar-refractivity contribution in [3.63, 3.8) is 0 Å². The molecule has 3 nitrogen and oxygen atoms in total. The standard InChI is InChI=1S/C16H22FNO2Si/c1-16(2,3)20-15(19)18-11-13-7-6-12(10-14(13)17)8-9-21(4)5/h6-7,10,21H,11H2,1-5H3,(H,18,19). The Morgan fingerprint density at radius 3 is 2.57 bits per heavy atom. The molecule has 0 aliphatic rings. The Balaban J connectivity index is 2.66. The van der Waals surface area contributed by atoms with Gasteiger partial charge in [-0.15, -0.1) is 5.54 Å². The predicted molar refractivity (Wildman–Crippen MR) is 85.2 cm³/mol. The lowest BCUT2D eigenvalue weighted by atomic mass is 10.1. The first-order valence-corrected chi connectivity index (χ1v) is 9.83. The van der Waals surface area contributed by atoms with Gasteiger partial charge in [-0.25, -0.2) is 9.18 Å². The fraction of sp³-hybridized carbons (Fsp3) is 0.438. The number of nitrogens with one attached hydrogen (secondary N) is 1. The van der Waals surface area contributed by atoms with Gasteiger partial charge in [-0.1, -0.05) is 25.1 Å². The smallest absolute Gasteiger partial charge is 0.407 e. The number of hydrogen-bond donors (Lipinski definition) is 1. The van der Waals surface area contributed by atoms with Gasteiger partial charge in [0.05, 0.1) is 0 Å². The molecule has 1 amide bonds. The summed E-state index contributed by atoms with van der Waals surface area (Å²) in [7, 11) is -0.973. The predicted octanol–water partition coefficient (Wildman–Crippen LogP) is 3.23. The van der Waals surface area contributed by atoms with E-state index in [0.717, 1.165) is 0 Å². The van der Waals surface area contributed by atoms with Crippen LogP contribution in [0.25, 0.3) is 0 Å². The summed E-state index contributed by atoms with van der Waals surface area (Å²) >= 11 is 0. The molecule has 0 atom stereocenters. The van der Waals surface area contributed by atoms with E-state index in [4.69, 9.17) is 4.74 Å². The van der Waals surface area contributed by atoms with Crippen molar-refractivity contribution >= 4 is 14.9 Å². The molecule has 0 heterocycles. The highest BCUT2D eigenvalue weighted by Crippen LogP contribution is 2.11. The minimum absolute atomic E-state index is 0.0907. The van der Waals surface area contributed by atoms with Crippen LogP contribution in [0.4, 0.5) is 9.18 Å². The van der Waals surface area contributed by atoms with Crippen LogP contribution in [0.1, 0.15) is 31.9 Å². The number of halogens is 1. The molecule has 21 heavy (non-hydrogen) atoms. The van der Waals surface area contributed by atoms with Crippen LogP contribution in [-0.4, -0.2) is 20.5 Å². The van der Waals surface area contributed by atoms with Gasteiger partial charge >= 0.3 is 6.09 Å². The maximum absolute atomic E-state index is 13.9. The van der Waals surface area contributed by atoms with Gasteiger partial charge in [0.15, 0.2) is 0 Å². The van der Waals surface area contributed by atoms with Crippen LogP contribution in [0.5, 0.6) is 0 Å². The van der Waals surface area contributed by atoms with Crippen LogP contribution >= 0.6 is 0 Å². The monoisotopic (exact) mass is 307 g/mol. The molecule has 0 saturated heterocycles. The third-order valence-corrected chi connectivity index (χ3v) is 3.10. The molecular formula is C16H22FNO2Si. The summed E-state index contributed by atoms with van der Waals surface area (Å²) in [5, 5.41) is 2.54. The quantitative estimate of drug-likeness (QED) is 0.673. The van der Waals surface area contributed by atoms with E-state index in [2.05, 4.69) is 29.9 Å². The summed E-state index contributed by atoms with van der Waals surface area (Å²) in [6.07, 6.45) is -0.559. The second-order valence-corrected chi connectivity index (χ2v) is 8.68. The van der Waals surface area contributed by atoms with Gasteiger partial charge in [0.2, 0.25) is 0 Å². The van der Waals surface area contributed by atoms with E-state index in [0.29, 0.717) is 11.1 Å². The molecule has 114 valence electrons. The average molecular weight is 307 g/mol. The van der Waals surface area contributed by atoms with Gasteiger partial charge < -0.3 is 10.1 Å². The van der Waals surface area contributed by atoms with E-state index in [-0.39, 0.29) is 12.4 Å². The fourth-order valence-electron chi connectivity index (χ4n) is 1.48. The molecule has 0 bridgehead atoms. The third-order valence-electron chi connectivity index (χ3n) is 2.38. The minimum Gasteiger partial charge on any atom is -0.444 e. The Labute approximate surface area is 127 Å². The van der Waals surface area contributed by atoms with E-state index >= 15 is 0 Å². The van der Waals surface area contributed by atoms with Crippen LogP contribution in [0, 0.1) is 17.3 Å². The molecular weight excluding hydrogens is 285 g/mol. The summed E-state index contributed by atoms with van der Waals surface area (Å²) in [4.78, 5) is 11.5. The highest BCUT2D eigenvalue weighted by Gasteiger charge is 2.16. The first kappa shape index (κ1) is 17.2. The fourth-order valence-corrected chi connectivity index (χ4v) is 1.93. The first-order valence-electron chi connectivity index (χ1n) is 6.94. The lowest BCUT2D eigenvalue weighted by molar-refractivity contribution is 0.0523. The molecule has 0 saturated carbocycles. The zero-order valence-corrected chi connectivity index (χ0v) is 14.4. The van der Waals surface area contributed by atoms with Crippen molar-refractivity contribution in [3.05, 3.63) is 35.1 Å². The Kier molecular flexibility index (Phi) is 5.98. The molecule has 1 rings (SSSR count). The number of ether oxygens (including phenoxy) is 1. The Bertz CT molecular complexity index is 568. The van der Waals surface area contributed by atoms with Crippen molar-refractivity contribution < 1.29 is 13.9 Å². The average Bonchev–Trinajstić information content (AvgIpc) is 2.33. The highest BCUT2D eigenvalue weighted by molar-refractivity contribution is 6.64. The van der Waals surface area contributed by atoms with Gasteiger partial charge in [-0.3, -0.25) is 0 Å². The van der Waals surface area contributed by atoms with Crippen LogP contribution in [0.15, 0.2) is 18.2 Å². The van der Waals surface area contributed by atoms with E-state index in [1.165, 1.54) is 6.07 Å². The van der Waals surface area contributed by atoms with E-state index in [9.17, 15) is 9.18 Å². The van der Waals surface area contributed by atoms with Crippen LogP contribution in [0.2, 0.25) is 13.1 Å². The van der Waals surface area contributed by atoms with Crippen LogP contribution < -0.4 is 5.32 Å². The summed E-state index contributed by atoms with van der Waals surface area (Å²) in [6, 6.07) is 4.80. The number of benzene rings is 1. The number of carbonyl (C=O) groups excluding carboxylic acids is 1. The lowest BCUT2D eigenvalue weighted by Gasteiger charge is -2.19. The highest BCUT2D eigenvalue weighted by atomic mass is 28.3.